The summed E-state index contributed by atoms with van der Waals surface area (Å²) in [5.74, 6) is 0.837. The van der Waals surface area contributed by atoms with Gasteiger partial charge in [0.25, 0.3) is 0 Å². The van der Waals surface area contributed by atoms with Crippen LogP contribution in [0.2, 0.25) is 5.15 Å². The second-order valence-corrected chi connectivity index (χ2v) is 6.68. The maximum absolute atomic E-state index is 6.25. The van der Waals surface area contributed by atoms with Gasteiger partial charge in [0.15, 0.2) is 0 Å². The molecular formula is C13H17ClN4S. The van der Waals surface area contributed by atoms with Crippen molar-refractivity contribution in [2.24, 2.45) is 0 Å². The van der Waals surface area contributed by atoms with Gasteiger partial charge in [-0.2, -0.15) is 0 Å². The molecule has 6 heteroatoms. The molecule has 0 aromatic carbocycles. The molecule has 0 N–H and O–H groups in total. The molecule has 0 bridgehead atoms. The van der Waals surface area contributed by atoms with Gasteiger partial charge in [0.2, 0.25) is 0 Å². The molecule has 3 rings (SSSR count). The highest BCUT2D eigenvalue weighted by Gasteiger charge is 2.16. The van der Waals surface area contributed by atoms with Gasteiger partial charge in [0, 0.05) is 36.4 Å². The SMILES string of the molecule is Cc1cc2c(Cl)nc(CN3CCN(C)CC3)nc2s1. The summed E-state index contributed by atoms with van der Waals surface area (Å²) in [6, 6.07) is 2.06. The van der Waals surface area contributed by atoms with Gasteiger partial charge in [-0.1, -0.05) is 11.6 Å². The van der Waals surface area contributed by atoms with E-state index < -0.39 is 0 Å². The lowest BCUT2D eigenvalue weighted by molar-refractivity contribution is 0.145. The first-order valence-electron chi connectivity index (χ1n) is 6.45. The molecule has 4 nitrogen and oxygen atoms in total. The highest BCUT2D eigenvalue weighted by molar-refractivity contribution is 7.18. The molecule has 1 aliphatic rings. The summed E-state index contributed by atoms with van der Waals surface area (Å²) in [5, 5.41) is 1.56. The second kappa shape index (κ2) is 5.32. The molecule has 19 heavy (non-hydrogen) atoms. The summed E-state index contributed by atoms with van der Waals surface area (Å²) in [6.45, 7) is 7.21. The smallest absolute Gasteiger partial charge is 0.145 e. The molecule has 0 atom stereocenters. The van der Waals surface area contributed by atoms with Crippen LogP contribution in [0.1, 0.15) is 10.7 Å². The van der Waals surface area contributed by atoms with Crippen molar-refractivity contribution < 1.29 is 0 Å². The number of nitrogens with zero attached hydrogens (tertiary/aromatic N) is 4. The zero-order valence-electron chi connectivity index (χ0n) is 11.2. The molecule has 102 valence electrons. The number of piperazine rings is 1. The van der Waals surface area contributed by atoms with Crippen LogP contribution in [-0.2, 0) is 6.54 Å². The number of halogens is 1. The van der Waals surface area contributed by atoms with E-state index in [1.807, 2.05) is 0 Å². The standard InChI is InChI=1S/C13H17ClN4S/c1-9-7-10-12(14)15-11(16-13(10)19-9)8-18-5-3-17(2)4-6-18/h7H,3-6,8H2,1-2H3. The number of aromatic nitrogens is 2. The van der Waals surface area contributed by atoms with E-state index in [0.29, 0.717) is 5.15 Å². The van der Waals surface area contributed by atoms with Crippen LogP contribution in [0.5, 0.6) is 0 Å². The summed E-state index contributed by atoms with van der Waals surface area (Å²) < 4.78 is 0. The lowest BCUT2D eigenvalue weighted by Gasteiger charge is -2.31. The van der Waals surface area contributed by atoms with E-state index in [2.05, 4.69) is 39.8 Å². The molecule has 0 radical (unpaired) electrons. The van der Waals surface area contributed by atoms with Crippen molar-refractivity contribution >= 4 is 33.2 Å². The molecule has 2 aromatic heterocycles. The summed E-state index contributed by atoms with van der Waals surface area (Å²) in [5.41, 5.74) is 0. The molecule has 0 unspecified atom stereocenters. The van der Waals surface area contributed by atoms with Crippen molar-refractivity contribution in [3.8, 4) is 0 Å². The van der Waals surface area contributed by atoms with Gasteiger partial charge < -0.3 is 4.90 Å². The zero-order chi connectivity index (χ0) is 13.4. The van der Waals surface area contributed by atoms with Gasteiger partial charge in [-0.3, -0.25) is 4.90 Å². The predicted molar refractivity (Wildman–Crippen MR) is 79.9 cm³/mol. The monoisotopic (exact) mass is 296 g/mol. The van der Waals surface area contributed by atoms with Gasteiger partial charge in [0.1, 0.15) is 15.8 Å². The van der Waals surface area contributed by atoms with Crippen LogP contribution in [0.25, 0.3) is 10.2 Å². The van der Waals surface area contributed by atoms with Crippen LogP contribution < -0.4 is 0 Å². The number of thiophene rings is 1. The Balaban J connectivity index is 1.81. The van der Waals surface area contributed by atoms with Crippen LogP contribution >= 0.6 is 22.9 Å². The fraction of sp³-hybridized carbons (Fsp3) is 0.538. The third-order valence-electron chi connectivity index (χ3n) is 3.48. The highest BCUT2D eigenvalue weighted by atomic mass is 35.5. The summed E-state index contributed by atoms with van der Waals surface area (Å²) in [7, 11) is 2.16. The summed E-state index contributed by atoms with van der Waals surface area (Å²) in [6.07, 6.45) is 0. The quantitative estimate of drug-likeness (QED) is 0.797. The topological polar surface area (TPSA) is 32.3 Å². The van der Waals surface area contributed by atoms with E-state index in [1.54, 1.807) is 11.3 Å². The van der Waals surface area contributed by atoms with E-state index in [-0.39, 0.29) is 0 Å². The van der Waals surface area contributed by atoms with Crippen molar-refractivity contribution in [2.75, 3.05) is 33.2 Å². The highest BCUT2D eigenvalue weighted by Crippen LogP contribution is 2.28. The van der Waals surface area contributed by atoms with Crippen LogP contribution in [0, 0.1) is 6.92 Å². The minimum absolute atomic E-state index is 0.582. The fourth-order valence-corrected chi connectivity index (χ4v) is 3.52. The van der Waals surface area contributed by atoms with Crippen LogP contribution in [-0.4, -0.2) is 53.0 Å². The Morgan fingerprint density at radius 3 is 2.74 bits per heavy atom. The Morgan fingerprint density at radius 1 is 1.26 bits per heavy atom. The van der Waals surface area contributed by atoms with E-state index in [9.17, 15) is 0 Å². The molecule has 0 spiro atoms. The number of fused-ring (bicyclic) bond motifs is 1. The molecule has 1 fully saturated rings. The average molecular weight is 297 g/mol. The number of hydrogen-bond acceptors (Lipinski definition) is 5. The third-order valence-corrected chi connectivity index (χ3v) is 4.71. The summed E-state index contributed by atoms with van der Waals surface area (Å²) >= 11 is 7.93. The molecule has 0 saturated carbocycles. The molecule has 3 heterocycles. The van der Waals surface area contributed by atoms with Crippen molar-refractivity contribution in [2.45, 2.75) is 13.5 Å². The second-order valence-electron chi connectivity index (χ2n) is 5.09. The molecule has 1 aliphatic heterocycles. The lowest BCUT2D eigenvalue weighted by atomic mass is 10.3. The van der Waals surface area contributed by atoms with E-state index >= 15 is 0 Å². The first-order valence-corrected chi connectivity index (χ1v) is 7.65. The number of hydrogen-bond donors (Lipinski definition) is 0. The predicted octanol–water partition coefficient (Wildman–Crippen LogP) is 2.40. The molecule has 2 aromatic rings. The van der Waals surface area contributed by atoms with Crippen LogP contribution in [0.3, 0.4) is 0 Å². The number of rotatable bonds is 2. The average Bonchev–Trinajstić information content (AvgIpc) is 2.73. The Kier molecular flexibility index (Phi) is 3.71. The first kappa shape index (κ1) is 13.2. The van der Waals surface area contributed by atoms with Gasteiger partial charge in [-0.25, -0.2) is 9.97 Å². The Labute approximate surface area is 122 Å². The fourth-order valence-electron chi connectivity index (χ4n) is 2.33. The van der Waals surface area contributed by atoms with Crippen LogP contribution in [0.15, 0.2) is 6.07 Å². The molecule has 0 amide bonds. The third kappa shape index (κ3) is 2.89. The minimum atomic E-state index is 0.582. The van der Waals surface area contributed by atoms with Gasteiger partial charge >= 0.3 is 0 Å². The molecular weight excluding hydrogens is 280 g/mol. The Morgan fingerprint density at radius 2 is 2.00 bits per heavy atom. The number of likely N-dealkylation sites (N-methyl/N-ethyl adjacent to an activating group) is 1. The Hall–Kier alpha value is -0.750. The summed E-state index contributed by atoms with van der Waals surface area (Å²) in [4.78, 5) is 16.0. The molecule has 0 aliphatic carbocycles. The maximum atomic E-state index is 6.25. The normalized spacial score (nSPS) is 18.3. The van der Waals surface area contributed by atoms with Crippen molar-refractivity contribution in [1.29, 1.82) is 0 Å². The maximum Gasteiger partial charge on any atom is 0.145 e. The van der Waals surface area contributed by atoms with E-state index in [4.69, 9.17) is 11.6 Å². The minimum Gasteiger partial charge on any atom is -0.304 e. The Bertz CT molecular complexity index is 590. The van der Waals surface area contributed by atoms with E-state index in [1.165, 1.54) is 4.88 Å². The van der Waals surface area contributed by atoms with Gasteiger partial charge in [0.05, 0.1) is 6.54 Å². The zero-order valence-corrected chi connectivity index (χ0v) is 12.8. The molecule has 1 saturated heterocycles. The van der Waals surface area contributed by atoms with Crippen molar-refractivity contribution in [3.63, 3.8) is 0 Å². The van der Waals surface area contributed by atoms with Crippen LogP contribution in [0.4, 0.5) is 0 Å². The largest absolute Gasteiger partial charge is 0.304 e. The lowest BCUT2D eigenvalue weighted by Crippen LogP contribution is -2.44. The van der Waals surface area contributed by atoms with E-state index in [0.717, 1.165) is 48.8 Å². The van der Waals surface area contributed by atoms with Crippen molar-refractivity contribution in [1.82, 2.24) is 19.8 Å². The van der Waals surface area contributed by atoms with Gasteiger partial charge in [-0.15, -0.1) is 11.3 Å². The number of aryl methyl sites for hydroxylation is 1. The first-order chi connectivity index (χ1) is 9.11. The van der Waals surface area contributed by atoms with Crippen molar-refractivity contribution in [3.05, 3.63) is 21.9 Å². The van der Waals surface area contributed by atoms with Gasteiger partial charge in [-0.05, 0) is 20.0 Å².